The number of aliphatic carboxylic acids is 1. The third-order valence-corrected chi connectivity index (χ3v) is 12.9. The van der Waals surface area contributed by atoms with Gasteiger partial charge < -0.3 is 58.7 Å². The Labute approximate surface area is 412 Å². The fraction of sp³-hybridized carbons (Fsp3) is 0.543. The molecule has 2 rings (SSSR count). The second kappa shape index (κ2) is 30.4. The fourth-order valence-electron chi connectivity index (χ4n) is 6.59. The van der Waals surface area contributed by atoms with Gasteiger partial charge in [0.05, 0.1) is 22.7 Å². The molecule has 6 atom stereocenters. The molecule has 0 bridgehead atoms. The molecule has 0 aromatic heterocycles. The van der Waals surface area contributed by atoms with Crippen molar-refractivity contribution in [2.45, 2.75) is 127 Å². The average Bonchev–Trinajstić information content (AvgIpc) is 3.28. The number of phenols is 1. The lowest BCUT2D eigenvalue weighted by molar-refractivity contribution is -0.143. The zero-order chi connectivity index (χ0) is 52.6. The van der Waals surface area contributed by atoms with E-state index in [1.807, 2.05) is 13.8 Å². The number of sulfone groups is 1. The average molecular weight is 1020 g/mol. The van der Waals surface area contributed by atoms with Crippen molar-refractivity contribution in [2.24, 2.45) is 34.0 Å². The first-order chi connectivity index (χ1) is 32.9. The van der Waals surface area contributed by atoms with Gasteiger partial charge in [-0.15, -0.1) is 0 Å². The molecule has 70 heavy (non-hydrogen) atoms. The van der Waals surface area contributed by atoms with Crippen molar-refractivity contribution in [3.05, 3.63) is 60.2 Å². The van der Waals surface area contributed by atoms with E-state index in [0.717, 1.165) is 0 Å². The van der Waals surface area contributed by atoms with Gasteiger partial charge in [-0.3, -0.25) is 38.6 Å². The largest absolute Gasteiger partial charge is 0.508 e. The molecule has 0 saturated heterocycles. The van der Waals surface area contributed by atoms with Crippen molar-refractivity contribution in [3.63, 3.8) is 0 Å². The van der Waals surface area contributed by atoms with E-state index >= 15 is 0 Å². The van der Waals surface area contributed by atoms with Crippen LogP contribution in [0.4, 0.5) is 0 Å². The summed E-state index contributed by atoms with van der Waals surface area (Å²) in [5, 5.41) is 31.4. The van der Waals surface area contributed by atoms with Gasteiger partial charge in [-0.05, 0) is 80.7 Å². The van der Waals surface area contributed by atoms with Crippen LogP contribution in [0.2, 0.25) is 0 Å². The lowest BCUT2D eigenvalue weighted by Crippen LogP contribution is -2.58. The first-order valence-corrected chi connectivity index (χ1v) is 25.4. The smallest absolute Gasteiger partial charge is 0.326 e. The number of rotatable bonds is 31. The number of nitrogens with two attached hydrogens (primary N) is 3. The van der Waals surface area contributed by atoms with Crippen molar-refractivity contribution in [3.8, 4) is 5.75 Å². The van der Waals surface area contributed by atoms with Gasteiger partial charge in [0, 0.05) is 31.6 Å². The molecule has 0 aliphatic heterocycles. The minimum atomic E-state index is -3.79. The minimum Gasteiger partial charge on any atom is -0.508 e. The van der Waals surface area contributed by atoms with Gasteiger partial charge in [-0.1, -0.05) is 69.8 Å². The Kier molecular flexibility index (Phi) is 26.0. The number of ether oxygens (including phenoxy) is 1. The summed E-state index contributed by atoms with van der Waals surface area (Å²) in [6, 6.07) is 5.96. The van der Waals surface area contributed by atoms with Crippen LogP contribution < -0.4 is 43.8 Å². The first kappa shape index (κ1) is 59.9. The zero-order valence-corrected chi connectivity index (χ0v) is 41.8. The van der Waals surface area contributed by atoms with Gasteiger partial charge in [0.25, 0.3) is 0 Å². The highest BCUT2D eigenvalue weighted by Crippen LogP contribution is 2.16. The van der Waals surface area contributed by atoms with Crippen LogP contribution in [0.25, 0.3) is 0 Å². The first-order valence-electron chi connectivity index (χ1n) is 22.8. The van der Waals surface area contributed by atoms with E-state index in [2.05, 4.69) is 31.6 Å². The van der Waals surface area contributed by atoms with Gasteiger partial charge in [0.1, 0.15) is 36.5 Å². The molecule has 2 aromatic carbocycles. The van der Waals surface area contributed by atoms with Crippen LogP contribution in [-0.4, -0.2) is 132 Å². The number of nitrogens with zero attached hydrogens (tertiary/aromatic N) is 1. The SMILES string of the molecule is CC(C)C[C@H](NC(=O)CCSC(=O)[C@H](CCC(=O)OCCS(=O)(=O)c1ccccc1)NC(=O)[C@H](C)NC(=O)[C@H](CCCN=C(N)N)NC(=O)[C@H](Cc1ccc(O)cc1)NC(=O)[C@@H](N)CC(C)C)C(=O)O. The molecule has 2 aromatic rings. The molecule has 5 amide bonds. The number of hydrogen-bond acceptors (Lipinski definition) is 15. The van der Waals surface area contributed by atoms with E-state index in [1.54, 1.807) is 44.2 Å². The Balaban J connectivity index is 2.28. The number of benzene rings is 2. The van der Waals surface area contributed by atoms with Gasteiger partial charge in [0.2, 0.25) is 34.7 Å². The number of guanidine groups is 1. The van der Waals surface area contributed by atoms with Gasteiger partial charge >= 0.3 is 11.9 Å². The number of nitrogens with one attached hydrogen (secondary N) is 5. The number of esters is 1. The van der Waals surface area contributed by atoms with Crippen molar-refractivity contribution < 1.29 is 61.7 Å². The predicted octanol–water partition coefficient (Wildman–Crippen LogP) is 0.384. The summed E-state index contributed by atoms with van der Waals surface area (Å²) in [7, 11) is -3.79. The number of aliphatic imine (C=N–C) groups is 1. The van der Waals surface area contributed by atoms with Crippen molar-refractivity contribution >= 4 is 74.1 Å². The molecule has 0 radical (unpaired) electrons. The molecule has 0 aliphatic rings. The maximum Gasteiger partial charge on any atom is 0.326 e. The third kappa shape index (κ3) is 23.4. The zero-order valence-electron chi connectivity index (χ0n) is 40.2. The molecule has 22 nitrogen and oxygen atoms in total. The number of aromatic hydroxyl groups is 1. The van der Waals surface area contributed by atoms with E-state index in [9.17, 15) is 57.0 Å². The Morgan fingerprint density at radius 2 is 1.31 bits per heavy atom. The summed E-state index contributed by atoms with van der Waals surface area (Å²) in [5.74, 6) is -6.77. The second-order valence-electron chi connectivity index (χ2n) is 17.4. The quantitative estimate of drug-likeness (QED) is 0.0211. The minimum absolute atomic E-state index is 0.0285. The second-order valence-corrected chi connectivity index (χ2v) is 20.6. The van der Waals surface area contributed by atoms with Crippen LogP contribution in [-0.2, 0) is 59.4 Å². The lowest BCUT2D eigenvalue weighted by atomic mass is 10.0. The standard InChI is InChI=1S/C46H69N9O13S2/c1-27(2)24-33(47)41(60)55-36(26-30-13-15-31(56)16-14-30)43(62)53-34(12-9-20-50-46(48)49)42(61)51-29(5)40(59)54-35(45(65)69-22-19-38(57)52-37(44(63)64)25-28(3)4)17-18-39(58)68-21-23-70(66,67)32-10-7-6-8-11-32/h6-8,10-11,13-16,27-29,33-37,56H,9,12,17-26,47H2,1-5H3,(H,51,61)(H,52,57)(H,53,62)(H,54,59)(H,55,60)(H,63,64)(H4,48,49,50)/t29-,33-,34-,35-,36-,37-/m0/s1. The molecule has 0 saturated carbocycles. The Hall–Kier alpha value is -6.27. The molecule has 0 fully saturated rings. The molecule has 0 spiro atoms. The monoisotopic (exact) mass is 1020 g/mol. The van der Waals surface area contributed by atoms with E-state index < -0.39 is 111 Å². The Morgan fingerprint density at radius 3 is 1.91 bits per heavy atom. The van der Waals surface area contributed by atoms with Crippen molar-refractivity contribution in [2.75, 3.05) is 24.7 Å². The highest BCUT2D eigenvalue weighted by molar-refractivity contribution is 8.13. The molecule has 388 valence electrons. The lowest BCUT2D eigenvalue weighted by Gasteiger charge is -2.26. The van der Waals surface area contributed by atoms with Gasteiger partial charge in [-0.25, -0.2) is 13.2 Å². The number of carbonyl (C=O) groups is 8. The van der Waals surface area contributed by atoms with Gasteiger partial charge in [0.15, 0.2) is 15.8 Å². The number of hydrogen-bond donors (Lipinski definition) is 10. The third-order valence-electron chi connectivity index (χ3n) is 10.3. The molecule has 0 heterocycles. The Bertz CT molecular complexity index is 2210. The summed E-state index contributed by atoms with van der Waals surface area (Å²) < 4.78 is 30.5. The highest BCUT2D eigenvalue weighted by Gasteiger charge is 2.32. The number of carboxylic acids is 1. The van der Waals surface area contributed by atoms with E-state index in [-0.39, 0.29) is 79.3 Å². The fourth-order valence-corrected chi connectivity index (χ4v) is 8.57. The summed E-state index contributed by atoms with van der Waals surface area (Å²) in [5.41, 5.74) is 17.6. The molecule has 0 aliphatic carbocycles. The van der Waals surface area contributed by atoms with Crippen LogP contribution in [0.3, 0.4) is 0 Å². The van der Waals surface area contributed by atoms with E-state index in [1.165, 1.54) is 31.2 Å². The molecular formula is C46H69N9O13S2. The van der Waals surface area contributed by atoms with E-state index in [4.69, 9.17) is 21.9 Å². The molecular weight excluding hydrogens is 951 g/mol. The van der Waals surface area contributed by atoms with Crippen LogP contribution in [0.15, 0.2) is 64.5 Å². The summed E-state index contributed by atoms with van der Waals surface area (Å²) in [6.45, 7) is 8.19. The normalized spacial score (nSPS) is 13.9. The number of thioether (sulfide) groups is 1. The number of phenolic OH excluding ortho intramolecular Hbond substituents is 1. The number of carboxylic acid groups (broad SMARTS) is 1. The maximum atomic E-state index is 13.9. The van der Waals surface area contributed by atoms with Crippen LogP contribution in [0, 0.1) is 11.8 Å². The van der Waals surface area contributed by atoms with Crippen LogP contribution >= 0.6 is 11.8 Å². The highest BCUT2D eigenvalue weighted by atomic mass is 32.2. The number of amides is 5. The van der Waals surface area contributed by atoms with Crippen molar-refractivity contribution in [1.29, 1.82) is 0 Å². The summed E-state index contributed by atoms with van der Waals surface area (Å²) in [6.07, 6.45) is -0.549. The predicted molar refractivity (Wildman–Crippen MR) is 262 cm³/mol. The van der Waals surface area contributed by atoms with Crippen LogP contribution in [0.1, 0.15) is 85.1 Å². The Morgan fingerprint density at radius 1 is 0.714 bits per heavy atom. The summed E-state index contributed by atoms with van der Waals surface area (Å²) >= 11 is 0.631. The van der Waals surface area contributed by atoms with E-state index in [0.29, 0.717) is 23.7 Å². The topological polar surface area (TPSA) is 371 Å². The van der Waals surface area contributed by atoms with Crippen LogP contribution in [0.5, 0.6) is 5.75 Å². The maximum absolute atomic E-state index is 13.9. The molecule has 13 N–H and O–H groups in total. The molecule has 24 heteroatoms. The van der Waals surface area contributed by atoms with Crippen molar-refractivity contribution in [1.82, 2.24) is 26.6 Å². The molecule has 0 unspecified atom stereocenters. The number of carbonyl (C=O) groups excluding carboxylic acids is 7. The van der Waals surface area contributed by atoms with Gasteiger partial charge in [-0.2, -0.15) is 0 Å². The summed E-state index contributed by atoms with van der Waals surface area (Å²) in [4.78, 5) is 109.